The highest BCUT2D eigenvalue weighted by Crippen LogP contribution is 2.63. The highest BCUT2D eigenvalue weighted by atomic mass is 16.4. The van der Waals surface area contributed by atoms with E-state index in [0.29, 0.717) is 11.4 Å². The van der Waals surface area contributed by atoms with E-state index >= 15 is 0 Å². The second-order valence-electron chi connectivity index (χ2n) is 10.5. The third kappa shape index (κ3) is 3.15. The van der Waals surface area contributed by atoms with Gasteiger partial charge in [0.1, 0.15) is 0 Å². The first-order chi connectivity index (χ1) is 18.9. The number of imide groups is 1. The van der Waals surface area contributed by atoms with Gasteiger partial charge in [0.2, 0.25) is 11.8 Å². The number of aryl methyl sites for hydroxylation is 1. The molecule has 0 radical (unpaired) electrons. The lowest BCUT2D eigenvalue weighted by Gasteiger charge is -2.52. The Hall–Kier alpha value is -4.84. The monoisotopic (exact) mass is 512 g/mol. The molecule has 3 aliphatic carbocycles. The van der Waals surface area contributed by atoms with Crippen LogP contribution >= 0.6 is 0 Å². The van der Waals surface area contributed by atoms with Crippen LogP contribution in [0.5, 0.6) is 0 Å². The van der Waals surface area contributed by atoms with Crippen molar-refractivity contribution in [1.29, 1.82) is 0 Å². The Balaban J connectivity index is 1.48. The van der Waals surface area contributed by atoms with Crippen molar-refractivity contribution in [2.75, 3.05) is 4.90 Å². The van der Waals surface area contributed by atoms with Crippen LogP contribution in [0.25, 0.3) is 0 Å². The van der Waals surface area contributed by atoms with E-state index in [1.165, 1.54) is 17.0 Å². The van der Waals surface area contributed by atoms with Gasteiger partial charge in [0, 0.05) is 12.1 Å². The van der Waals surface area contributed by atoms with Crippen molar-refractivity contribution >= 4 is 35.4 Å². The number of benzene rings is 4. The molecular weight excluding hydrogens is 488 g/mol. The van der Waals surface area contributed by atoms with E-state index in [2.05, 4.69) is 0 Å². The fraction of sp³-hybridized carbons (Fsp3) is 0.152. The predicted molar refractivity (Wildman–Crippen MR) is 148 cm³/mol. The van der Waals surface area contributed by atoms with Crippen LogP contribution in [0, 0.1) is 18.8 Å². The molecule has 1 aliphatic heterocycles. The van der Waals surface area contributed by atoms with Crippen LogP contribution in [0.1, 0.15) is 44.1 Å². The van der Waals surface area contributed by atoms with Gasteiger partial charge in [-0.1, -0.05) is 72.3 Å². The van der Waals surface area contributed by atoms with Crippen molar-refractivity contribution in [1.82, 2.24) is 0 Å². The summed E-state index contributed by atoms with van der Waals surface area (Å²) in [6.45, 7) is 1.97. The normalized spacial score (nSPS) is 24.5. The zero-order chi connectivity index (χ0) is 26.9. The van der Waals surface area contributed by atoms with Gasteiger partial charge in [-0.15, -0.1) is 0 Å². The highest BCUT2D eigenvalue weighted by molar-refractivity contribution is 6.25. The number of nitrogens with zero attached hydrogens (tertiary/aromatic N) is 2. The van der Waals surface area contributed by atoms with E-state index in [1.54, 1.807) is 18.3 Å². The summed E-state index contributed by atoms with van der Waals surface area (Å²) in [6, 6.07) is 29.9. The molecule has 4 aromatic rings. The Morgan fingerprint density at radius 3 is 2.13 bits per heavy atom. The molecule has 0 spiro atoms. The van der Waals surface area contributed by atoms with E-state index < -0.39 is 23.2 Å². The molecule has 1 fully saturated rings. The Bertz CT molecular complexity index is 1670. The minimum atomic E-state index is -1.04. The summed E-state index contributed by atoms with van der Waals surface area (Å²) in [5.74, 6) is -3.00. The molecule has 2 atom stereocenters. The summed E-state index contributed by atoms with van der Waals surface area (Å²) in [6.07, 6.45) is 1.78. The largest absolute Gasteiger partial charge is 0.478 e. The van der Waals surface area contributed by atoms with E-state index in [0.717, 1.165) is 27.8 Å². The number of hydrogen-bond acceptors (Lipinski definition) is 4. The molecule has 2 amide bonds. The third-order valence-corrected chi connectivity index (χ3v) is 8.49. The van der Waals surface area contributed by atoms with Gasteiger partial charge in [0.15, 0.2) is 0 Å². The molecule has 0 saturated carbocycles. The average Bonchev–Trinajstić information content (AvgIpc) is 3.23. The standard InChI is InChI=1S/C33H24N2O4/c1-19-13-15-22(16-14-19)35-30(36)28-27-23-9-2-4-11-25(23)33(29(28)31(35)37,26-12-5-3-10-24(26)27)18-34-21-8-6-7-20(17-21)32(38)39/h2-18,27-29H,1H3,(H,38,39)/t27?,28-,29-,33?/m0/s1. The molecule has 190 valence electrons. The first-order valence-electron chi connectivity index (χ1n) is 12.9. The predicted octanol–water partition coefficient (Wildman–Crippen LogP) is 5.65. The van der Waals surface area contributed by atoms with Crippen molar-refractivity contribution < 1.29 is 19.5 Å². The number of carbonyl (C=O) groups is 3. The zero-order valence-electron chi connectivity index (χ0n) is 21.1. The smallest absolute Gasteiger partial charge is 0.335 e. The maximum atomic E-state index is 14.4. The minimum absolute atomic E-state index is 0.130. The van der Waals surface area contributed by atoms with Crippen molar-refractivity contribution in [3.05, 3.63) is 130 Å². The lowest BCUT2D eigenvalue weighted by Crippen LogP contribution is -2.54. The number of rotatable bonds is 4. The molecule has 2 bridgehead atoms. The van der Waals surface area contributed by atoms with Crippen LogP contribution in [0.2, 0.25) is 0 Å². The maximum absolute atomic E-state index is 14.4. The minimum Gasteiger partial charge on any atom is -0.478 e. The molecule has 0 unspecified atom stereocenters. The maximum Gasteiger partial charge on any atom is 0.335 e. The van der Waals surface area contributed by atoms with Crippen molar-refractivity contribution in [2.24, 2.45) is 16.8 Å². The van der Waals surface area contributed by atoms with Crippen molar-refractivity contribution in [3.8, 4) is 0 Å². The Morgan fingerprint density at radius 2 is 1.49 bits per heavy atom. The molecule has 6 nitrogen and oxygen atoms in total. The third-order valence-electron chi connectivity index (χ3n) is 8.49. The Labute approximate surface area is 225 Å². The van der Waals surface area contributed by atoms with Gasteiger partial charge in [-0.3, -0.25) is 14.6 Å². The molecule has 8 rings (SSSR count). The van der Waals surface area contributed by atoms with Crippen LogP contribution in [-0.4, -0.2) is 29.1 Å². The molecule has 1 saturated heterocycles. The average molecular weight is 513 g/mol. The van der Waals surface area contributed by atoms with Gasteiger partial charge < -0.3 is 5.11 Å². The van der Waals surface area contributed by atoms with E-state index in [4.69, 9.17) is 4.99 Å². The lowest BCUT2D eigenvalue weighted by atomic mass is 9.47. The second kappa shape index (κ2) is 8.33. The van der Waals surface area contributed by atoms with Gasteiger partial charge in [-0.2, -0.15) is 0 Å². The number of aromatic carboxylic acids is 1. The highest BCUT2D eigenvalue weighted by Gasteiger charge is 2.67. The van der Waals surface area contributed by atoms with E-state index in [1.807, 2.05) is 79.7 Å². The summed E-state index contributed by atoms with van der Waals surface area (Å²) in [5, 5.41) is 9.49. The number of aliphatic imine (C=N–C) groups is 1. The summed E-state index contributed by atoms with van der Waals surface area (Å²) in [5.41, 5.74) is 5.17. The van der Waals surface area contributed by atoms with Gasteiger partial charge in [-0.25, -0.2) is 9.69 Å². The fourth-order valence-corrected chi connectivity index (χ4v) is 6.89. The number of amides is 2. The van der Waals surface area contributed by atoms with Gasteiger partial charge >= 0.3 is 5.97 Å². The fourth-order valence-electron chi connectivity index (χ4n) is 6.89. The Morgan fingerprint density at radius 1 is 0.846 bits per heavy atom. The molecule has 6 heteroatoms. The van der Waals surface area contributed by atoms with Crippen molar-refractivity contribution in [3.63, 3.8) is 0 Å². The molecule has 0 aromatic heterocycles. The van der Waals surface area contributed by atoms with Crippen LogP contribution in [0.15, 0.2) is 102 Å². The molecule has 4 aromatic carbocycles. The van der Waals surface area contributed by atoms with Crippen molar-refractivity contribution in [2.45, 2.75) is 18.3 Å². The number of anilines is 1. The molecular formula is C33H24N2O4. The van der Waals surface area contributed by atoms with Crippen LogP contribution in [0.4, 0.5) is 11.4 Å². The molecule has 4 aliphatic rings. The second-order valence-corrected chi connectivity index (χ2v) is 10.5. The summed E-state index contributed by atoms with van der Waals surface area (Å²) < 4.78 is 0. The Kier molecular flexibility index (Phi) is 4.98. The quantitative estimate of drug-likeness (QED) is 0.283. The lowest BCUT2D eigenvalue weighted by molar-refractivity contribution is -0.122. The first kappa shape index (κ1) is 23.3. The van der Waals surface area contributed by atoms with Gasteiger partial charge in [-0.05, 0) is 59.5 Å². The summed E-state index contributed by atoms with van der Waals surface area (Å²) in [4.78, 5) is 46.3. The van der Waals surface area contributed by atoms with Crippen LogP contribution in [-0.2, 0) is 15.0 Å². The van der Waals surface area contributed by atoms with E-state index in [9.17, 15) is 19.5 Å². The summed E-state index contributed by atoms with van der Waals surface area (Å²) in [7, 11) is 0. The molecule has 1 heterocycles. The molecule has 1 N–H and O–H groups in total. The van der Waals surface area contributed by atoms with Crippen LogP contribution < -0.4 is 4.90 Å². The number of hydrogen-bond donors (Lipinski definition) is 1. The first-order valence-corrected chi connectivity index (χ1v) is 12.9. The van der Waals surface area contributed by atoms with Crippen LogP contribution in [0.3, 0.4) is 0 Å². The van der Waals surface area contributed by atoms with E-state index in [-0.39, 0.29) is 23.3 Å². The SMILES string of the molecule is Cc1ccc(N2C(=O)[C@@H]3[C@@H](C2=O)C2c4ccccc4C3(C=Nc3cccc(C(=O)O)c3)c3ccccc32)cc1. The number of carboxylic acids is 1. The topological polar surface area (TPSA) is 87.0 Å². The number of carbonyl (C=O) groups excluding carboxylic acids is 2. The number of carboxylic acid groups (broad SMARTS) is 1. The van der Waals surface area contributed by atoms with Gasteiger partial charge in [0.05, 0.1) is 34.2 Å². The zero-order valence-corrected chi connectivity index (χ0v) is 21.1. The molecule has 39 heavy (non-hydrogen) atoms. The van der Waals surface area contributed by atoms with Gasteiger partial charge in [0.25, 0.3) is 0 Å². The summed E-state index contributed by atoms with van der Waals surface area (Å²) >= 11 is 0.